The van der Waals surface area contributed by atoms with E-state index in [9.17, 15) is 4.79 Å². The van der Waals surface area contributed by atoms with Crippen LogP contribution >= 0.6 is 23.1 Å². The number of hydrogen-bond acceptors (Lipinski definition) is 3. The van der Waals surface area contributed by atoms with E-state index in [0.717, 1.165) is 10.6 Å². The number of thioether (sulfide) groups is 1. The molecule has 0 fully saturated rings. The first-order valence-corrected chi connectivity index (χ1v) is 5.46. The number of hydrogen-bond donors (Lipinski definition) is 1. The lowest BCUT2D eigenvalue weighted by molar-refractivity contribution is -0.136. The molecule has 0 aliphatic rings. The van der Waals surface area contributed by atoms with Crippen LogP contribution in [-0.2, 0) is 11.2 Å². The lowest BCUT2D eigenvalue weighted by Gasteiger charge is -1.89. The van der Waals surface area contributed by atoms with Gasteiger partial charge in [-0.05, 0) is 17.9 Å². The van der Waals surface area contributed by atoms with Gasteiger partial charge in [0, 0.05) is 4.88 Å². The van der Waals surface area contributed by atoms with Crippen LogP contribution in [0.5, 0.6) is 0 Å². The Hall–Kier alpha value is -0.480. The maximum atomic E-state index is 10.3. The second-order valence-electron chi connectivity index (χ2n) is 2.22. The number of carboxylic acid groups (broad SMARTS) is 1. The van der Waals surface area contributed by atoms with E-state index in [1.807, 2.05) is 12.1 Å². The highest BCUT2D eigenvalue weighted by atomic mass is 32.2. The quantitative estimate of drug-likeness (QED) is 0.762. The zero-order valence-corrected chi connectivity index (χ0v) is 8.37. The van der Waals surface area contributed by atoms with Crippen molar-refractivity contribution in [3.63, 3.8) is 0 Å². The first-order valence-electron chi connectivity index (χ1n) is 3.65. The van der Waals surface area contributed by atoms with Crippen LogP contribution in [0.3, 0.4) is 0 Å². The van der Waals surface area contributed by atoms with Gasteiger partial charge in [-0.3, -0.25) is 4.79 Å². The zero-order chi connectivity index (χ0) is 8.97. The first kappa shape index (κ1) is 9.61. The Bertz CT molecular complexity index is 268. The molecule has 1 rings (SSSR count). The Kier molecular flexibility index (Phi) is 3.62. The highest BCUT2D eigenvalue weighted by Crippen LogP contribution is 2.27. The van der Waals surface area contributed by atoms with Crippen molar-refractivity contribution in [1.82, 2.24) is 0 Å². The van der Waals surface area contributed by atoms with Crippen molar-refractivity contribution in [1.29, 1.82) is 0 Å². The standard InChI is InChI=1S/C8H10O2S2/c1-2-11-8-4-3-6(12-8)5-7(9)10/h3-4H,2,5H2,1H3,(H,9,10). The smallest absolute Gasteiger partial charge is 0.308 e. The minimum Gasteiger partial charge on any atom is -0.481 e. The summed E-state index contributed by atoms with van der Waals surface area (Å²) < 4.78 is 1.20. The monoisotopic (exact) mass is 202 g/mol. The topological polar surface area (TPSA) is 37.3 Å². The third-order valence-corrected chi connectivity index (χ3v) is 3.44. The number of carboxylic acids is 1. The van der Waals surface area contributed by atoms with Crippen molar-refractivity contribution < 1.29 is 9.90 Å². The first-order chi connectivity index (χ1) is 5.72. The maximum absolute atomic E-state index is 10.3. The average molecular weight is 202 g/mol. The molecular weight excluding hydrogens is 192 g/mol. The van der Waals surface area contributed by atoms with Gasteiger partial charge in [-0.1, -0.05) is 6.92 Å². The van der Waals surface area contributed by atoms with Crippen LogP contribution in [0.25, 0.3) is 0 Å². The van der Waals surface area contributed by atoms with E-state index in [1.54, 1.807) is 23.1 Å². The number of rotatable bonds is 4. The number of carbonyl (C=O) groups is 1. The fraction of sp³-hybridized carbons (Fsp3) is 0.375. The van der Waals surface area contributed by atoms with Crippen molar-refractivity contribution in [2.45, 2.75) is 17.6 Å². The van der Waals surface area contributed by atoms with Gasteiger partial charge in [0.05, 0.1) is 10.6 Å². The predicted molar refractivity (Wildman–Crippen MR) is 52.1 cm³/mol. The van der Waals surface area contributed by atoms with Crippen LogP contribution in [0.4, 0.5) is 0 Å². The molecule has 0 aliphatic heterocycles. The Morgan fingerprint density at radius 1 is 1.67 bits per heavy atom. The van der Waals surface area contributed by atoms with E-state index in [-0.39, 0.29) is 6.42 Å². The summed E-state index contributed by atoms with van der Waals surface area (Å²) in [7, 11) is 0. The predicted octanol–water partition coefficient (Wildman–Crippen LogP) is 2.49. The van der Waals surface area contributed by atoms with Crippen molar-refractivity contribution in [3.8, 4) is 0 Å². The Morgan fingerprint density at radius 3 is 3.00 bits per heavy atom. The molecule has 0 spiro atoms. The molecule has 0 aromatic carbocycles. The molecule has 0 aliphatic carbocycles. The van der Waals surface area contributed by atoms with E-state index in [4.69, 9.17) is 5.11 Å². The van der Waals surface area contributed by atoms with E-state index in [0.29, 0.717) is 0 Å². The molecular formula is C8H10O2S2. The van der Waals surface area contributed by atoms with Crippen LogP contribution in [0, 0.1) is 0 Å². The maximum Gasteiger partial charge on any atom is 0.308 e. The molecule has 1 aromatic heterocycles. The Balaban J connectivity index is 2.58. The molecule has 0 unspecified atom stereocenters. The SMILES string of the molecule is CCSc1ccc(CC(=O)O)s1. The highest BCUT2D eigenvalue weighted by Gasteiger charge is 2.03. The van der Waals surface area contributed by atoms with E-state index in [1.165, 1.54) is 4.21 Å². The van der Waals surface area contributed by atoms with Gasteiger partial charge in [0.1, 0.15) is 0 Å². The summed E-state index contributed by atoms with van der Waals surface area (Å²) in [6, 6.07) is 3.87. The number of aliphatic carboxylic acids is 1. The Labute approximate surface area is 79.6 Å². The molecule has 4 heteroatoms. The fourth-order valence-electron chi connectivity index (χ4n) is 0.822. The molecule has 1 heterocycles. The van der Waals surface area contributed by atoms with Gasteiger partial charge in [-0.25, -0.2) is 0 Å². The number of thiophene rings is 1. The van der Waals surface area contributed by atoms with Crippen LogP contribution < -0.4 is 0 Å². The van der Waals surface area contributed by atoms with E-state index in [2.05, 4.69) is 6.92 Å². The second-order valence-corrected chi connectivity index (χ2v) is 4.96. The lowest BCUT2D eigenvalue weighted by atomic mass is 10.3. The van der Waals surface area contributed by atoms with Gasteiger partial charge in [0.2, 0.25) is 0 Å². The van der Waals surface area contributed by atoms with E-state index >= 15 is 0 Å². The molecule has 0 saturated heterocycles. The summed E-state index contributed by atoms with van der Waals surface area (Å²) in [4.78, 5) is 11.3. The van der Waals surface area contributed by atoms with Gasteiger partial charge in [0.15, 0.2) is 0 Å². The molecule has 0 atom stereocenters. The van der Waals surface area contributed by atoms with Gasteiger partial charge >= 0.3 is 5.97 Å². The molecule has 2 nitrogen and oxygen atoms in total. The van der Waals surface area contributed by atoms with Crippen molar-refractivity contribution in [2.75, 3.05) is 5.75 Å². The molecule has 66 valence electrons. The van der Waals surface area contributed by atoms with Gasteiger partial charge in [0.25, 0.3) is 0 Å². The highest BCUT2D eigenvalue weighted by molar-refractivity contribution is 8.01. The van der Waals surface area contributed by atoms with Crippen molar-refractivity contribution in [2.24, 2.45) is 0 Å². The molecule has 1 N–H and O–H groups in total. The third-order valence-electron chi connectivity index (χ3n) is 1.25. The largest absolute Gasteiger partial charge is 0.481 e. The molecule has 0 radical (unpaired) electrons. The summed E-state index contributed by atoms with van der Waals surface area (Å²) >= 11 is 3.32. The van der Waals surface area contributed by atoms with Gasteiger partial charge in [-0.15, -0.1) is 23.1 Å². The third kappa shape index (κ3) is 2.87. The normalized spacial score (nSPS) is 10.1. The molecule has 1 aromatic rings. The van der Waals surface area contributed by atoms with Crippen molar-refractivity contribution in [3.05, 3.63) is 17.0 Å². The van der Waals surface area contributed by atoms with Crippen LogP contribution in [0.1, 0.15) is 11.8 Å². The van der Waals surface area contributed by atoms with Crippen LogP contribution in [0.2, 0.25) is 0 Å². The minimum atomic E-state index is -0.759. The minimum absolute atomic E-state index is 0.148. The van der Waals surface area contributed by atoms with Crippen LogP contribution in [-0.4, -0.2) is 16.8 Å². The molecule has 12 heavy (non-hydrogen) atoms. The van der Waals surface area contributed by atoms with Gasteiger partial charge < -0.3 is 5.11 Å². The van der Waals surface area contributed by atoms with E-state index < -0.39 is 5.97 Å². The summed E-state index contributed by atoms with van der Waals surface area (Å²) in [5.74, 6) is 0.275. The van der Waals surface area contributed by atoms with Crippen LogP contribution in [0.15, 0.2) is 16.3 Å². The molecule has 0 saturated carbocycles. The Morgan fingerprint density at radius 2 is 2.42 bits per heavy atom. The summed E-state index contributed by atoms with van der Waals surface area (Å²) in [6.45, 7) is 2.08. The lowest BCUT2D eigenvalue weighted by Crippen LogP contribution is -1.96. The van der Waals surface area contributed by atoms with Crippen molar-refractivity contribution >= 4 is 29.1 Å². The molecule has 0 bridgehead atoms. The molecule has 0 amide bonds. The summed E-state index contributed by atoms with van der Waals surface area (Å²) in [5.41, 5.74) is 0. The summed E-state index contributed by atoms with van der Waals surface area (Å²) in [5, 5.41) is 8.51. The zero-order valence-electron chi connectivity index (χ0n) is 6.74. The van der Waals surface area contributed by atoms with Gasteiger partial charge in [-0.2, -0.15) is 0 Å². The fourth-order valence-corrected chi connectivity index (χ4v) is 2.91. The second kappa shape index (κ2) is 4.52. The average Bonchev–Trinajstić information content (AvgIpc) is 2.36. The summed E-state index contributed by atoms with van der Waals surface area (Å²) in [6.07, 6.45) is 0.148.